The van der Waals surface area contributed by atoms with E-state index in [1.165, 1.54) is 37.7 Å². The molecule has 2 rings (SSSR count). The molecule has 0 radical (unpaired) electrons. The molecule has 1 aliphatic carbocycles. The minimum absolute atomic E-state index is 0.722. The standard InChI is InChI=1S/C17H24BrNO/c1-19-12-15(13-6-4-3-5-7-13)10-14-11-16(18)8-9-17(14)20-2/h8-11,13,19H,3-7,12H2,1-2H3/b15-10-. The maximum Gasteiger partial charge on any atom is 0.126 e. The van der Waals surface area contributed by atoms with Crippen LogP contribution in [0.1, 0.15) is 37.7 Å². The number of hydrogen-bond acceptors (Lipinski definition) is 2. The van der Waals surface area contributed by atoms with Crippen LogP contribution in [-0.2, 0) is 0 Å². The first kappa shape index (κ1) is 15.6. The van der Waals surface area contributed by atoms with Crippen molar-refractivity contribution in [2.75, 3.05) is 20.7 Å². The third-order valence-corrected chi connectivity index (χ3v) is 4.54. The molecule has 0 saturated heterocycles. The first-order valence-corrected chi connectivity index (χ1v) is 8.22. The van der Waals surface area contributed by atoms with Gasteiger partial charge in [-0.25, -0.2) is 0 Å². The monoisotopic (exact) mass is 337 g/mol. The highest BCUT2D eigenvalue weighted by atomic mass is 79.9. The van der Waals surface area contributed by atoms with Crippen molar-refractivity contribution < 1.29 is 4.74 Å². The fraction of sp³-hybridized carbons (Fsp3) is 0.529. The molecule has 0 atom stereocenters. The highest BCUT2D eigenvalue weighted by Crippen LogP contribution is 2.32. The molecule has 0 aliphatic heterocycles. The first-order chi connectivity index (χ1) is 9.74. The number of nitrogens with one attached hydrogen (secondary N) is 1. The van der Waals surface area contributed by atoms with Crippen molar-refractivity contribution in [3.05, 3.63) is 33.8 Å². The molecule has 3 heteroatoms. The Morgan fingerprint density at radius 3 is 2.75 bits per heavy atom. The molecule has 1 aromatic rings. The predicted molar refractivity (Wildman–Crippen MR) is 89.2 cm³/mol. The third-order valence-electron chi connectivity index (χ3n) is 4.04. The lowest BCUT2D eigenvalue weighted by atomic mass is 9.83. The zero-order chi connectivity index (χ0) is 14.4. The van der Waals surface area contributed by atoms with E-state index in [-0.39, 0.29) is 0 Å². The van der Waals surface area contributed by atoms with Crippen molar-refractivity contribution in [3.63, 3.8) is 0 Å². The smallest absolute Gasteiger partial charge is 0.126 e. The number of ether oxygens (including phenoxy) is 1. The van der Waals surface area contributed by atoms with E-state index in [0.717, 1.165) is 28.2 Å². The molecule has 1 saturated carbocycles. The van der Waals surface area contributed by atoms with Gasteiger partial charge in [0, 0.05) is 16.6 Å². The Labute approximate surface area is 130 Å². The van der Waals surface area contributed by atoms with Crippen LogP contribution in [-0.4, -0.2) is 20.7 Å². The highest BCUT2D eigenvalue weighted by Gasteiger charge is 2.17. The van der Waals surface area contributed by atoms with Crippen LogP contribution in [0.4, 0.5) is 0 Å². The van der Waals surface area contributed by atoms with Crippen molar-refractivity contribution in [2.24, 2.45) is 5.92 Å². The maximum atomic E-state index is 5.48. The summed E-state index contributed by atoms with van der Waals surface area (Å²) in [6.07, 6.45) is 9.08. The number of halogens is 1. The van der Waals surface area contributed by atoms with Crippen LogP contribution in [0, 0.1) is 5.92 Å². The number of methoxy groups -OCH3 is 1. The third kappa shape index (κ3) is 4.10. The lowest BCUT2D eigenvalue weighted by Crippen LogP contribution is -2.19. The summed E-state index contributed by atoms with van der Waals surface area (Å²) >= 11 is 3.55. The van der Waals surface area contributed by atoms with Crippen molar-refractivity contribution in [1.29, 1.82) is 0 Å². The molecule has 0 heterocycles. The largest absolute Gasteiger partial charge is 0.496 e. The average molecular weight is 338 g/mol. The van der Waals surface area contributed by atoms with Gasteiger partial charge in [0.15, 0.2) is 0 Å². The second-order valence-corrected chi connectivity index (χ2v) is 6.39. The molecule has 0 spiro atoms. The second kappa shape index (κ2) is 7.84. The van der Waals surface area contributed by atoms with E-state index in [0.29, 0.717) is 0 Å². The van der Waals surface area contributed by atoms with E-state index >= 15 is 0 Å². The Morgan fingerprint density at radius 1 is 1.35 bits per heavy atom. The molecule has 0 aromatic heterocycles. The topological polar surface area (TPSA) is 21.3 Å². The number of benzene rings is 1. The van der Waals surface area contributed by atoms with E-state index < -0.39 is 0 Å². The Kier molecular flexibility index (Phi) is 6.11. The van der Waals surface area contributed by atoms with E-state index in [1.807, 2.05) is 19.2 Å². The molecule has 110 valence electrons. The van der Waals surface area contributed by atoms with Crippen molar-refractivity contribution in [3.8, 4) is 5.75 Å². The molecule has 1 fully saturated rings. The van der Waals surface area contributed by atoms with E-state index in [4.69, 9.17) is 4.74 Å². The molecular weight excluding hydrogens is 314 g/mol. The quantitative estimate of drug-likeness (QED) is 0.844. The van der Waals surface area contributed by atoms with Crippen LogP contribution in [0.2, 0.25) is 0 Å². The molecular formula is C17H24BrNO. The van der Waals surface area contributed by atoms with Gasteiger partial charge in [-0.2, -0.15) is 0 Å². The Bertz CT molecular complexity index is 464. The summed E-state index contributed by atoms with van der Waals surface area (Å²) in [5.74, 6) is 1.66. The van der Waals surface area contributed by atoms with Gasteiger partial charge in [0.05, 0.1) is 7.11 Å². The van der Waals surface area contributed by atoms with Crippen LogP contribution in [0.5, 0.6) is 5.75 Å². The summed E-state index contributed by atoms with van der Waals surface area (Å²) in [5.41, 5.74) is 2.67. The predicted octanol–water partition coefficient (Wildman–Crippen LogP) is 4.64. The van der Waals surface area contributed by atoms with Crippen LogP contribution in [0.25, 0.3) is 6.08 Å². The van der Waals surface area contributed by atoms with Gasteiger partial charge >= 0.3 is 0 Å². The van der Waals surface area contributed by atoms with Crippen LogP contribution in [0.3, 0.4) is 0 Å². The average Bonchev–Trinajstić information content (AvgIpc) is 2.48. The number of likely N-dealkylation sites (N-methyl/N-ethyl adjacent to an activating group) is 1. The molecule has 2 nitrogen and oxygen atoms in total. The second-order valence-electron chi connectivity index (χ2n) is 5.47. The SMILES string of the molecule is CNC/C(=C/c1cc(Br)ccc1OC)C1CCCCC1. The zero-order valence-electron chi connectivity index (χ0n) is 12.4. The summed E-state index contributed by atoms with van der Waals surface area (Å²) in [4.78, 5) is 0. The van der Waals surface area contributed by atoms with Crippen molar-refractivity contribution >= 4 is 22.0 Å². The summed E-state index contributed by atoms with van der Waals surface area (Å²) in [7, 11) is 3.76. The maximum absolute atomic E-state index is 5.48. The summed E-state index contributed by atoms with van der Waals surface area (Å²) in [6.45, 7) is 0.959. The minimum atomic E-state index is 0.722. The minimum Gasteiger partial charge on any atom is -0.496 e. The molecule has 1 aliphatic rings. The van der Waals surface area contributed by atoms with Gasteiger partial charge in [-0.05, 0) is 44.0 Å². The lowest BCUT2D eigenvalue weighted by molar-refractivity contribution is 0.397. The molecule has 0 amide bonds. The van der Waals surface area contributed by atoms with Crippen LogP contribution >= 0.6 is 15.9 Å². The zero-order valence-corrected chi connectivity index (χ0v) is 14.0. The molecule has 1 aromatic carbocycles. The number of rotatable bonds is 5. The van der Waals surface area contributed by atoms with Gasteiger partial charge in [0.25, 0.3) is 0 Å². The van der Waals surface area contributed by atoms with Gasteiger partial charge in [0.2, 0.25) is 0 Å². The van der Waals surface area contributed by atoms with E-state index in [1.54, 1.807) is 7.11 Å². The summed E-state index contributed by atoms with van der Waals surface area (Å²) in [5, 5.41) is 3.32. The Balaban J connectivity index is 2.29. The van der Waals surface area contributed by atoms with Crippen LogP contribution in [0.15, 0.2) is 28.2 Å². The van der Waals surface area contributed by atoms with Gasteiger partial charge in [0.1, 0.15) is 5.75 Å². The molecule has 0 bridgehead atoms. The highest BCUT2D eigenvalue weighted by molar-refractivity contribution is 9.10. The van der Waals surface area contributed by atoms with Gasteiger partial charge in [-0.1, -0.05) is 46.8 Å². The summed E-state index contributed by atoms with van der Waals surface area (Å²) < 4.78 is 6.58. The van der Waals surface area contributed by atoms with Crippen molar-refractivity contribution in [1.82, 2.24) is 5.32 Å². The normalized spacial score (nSPS) is 17.2. The lowest BCUT2D eigenvalue weighted by Gasteiger charge is -2.25. The van der Waals surface area contributed by atoms with Gasteiger partial charge in [-0.15, -0.1) is 0 Å². The van der Waals surface area contributed by atoms with Crippen LogP contribution < -0.4 is 10.1 Å². The Hall–Kier alpha value is -0.800. The first-order valence-electron chi connectivity index (χ1n) is 7.43. The fourth-order valence-electron chi connectivity index (χ4n) is 3.01. The van der Waals surface area contributed by atoms with Crippen molar-refractivity contribution in [2.45, 2.75) is 32.1 Å². The fourth-order valence-corrected chi connectivity index (χ4v) is 3.39. The van der Waals surface area contributed by atoms with E-state index in [9.17, 15) is 0 Å². The van der Waals surface area contributed by atoms with E-state index in [2.05, 4.69) is 33.4 Å². The number of hydrogen-bond donors (Lipinski definition) is 1. The van der Waals surface area contributed by atoms with Gasteiger partial charge in [-0.3, -0.25) is 0 Å². The summed E-state index contributed by atoms with van der Waals surface area (Å²) in [6, 6.07) is 6.18. The molecule has 1 N–H and O–H groups in total. The molecule has 20 heavy (non-hydrogen) atoms. The van der Waals surface area contributed by atoms with Gasteiger partial charge < -0.3 is 10.1 Å². The Morgan fingerprint density at radius 2 is 2.10 bits per heavy atom. The molecule has 0 unspecified atom stereocenters.